The zero-order valence-corrected chi connectivity index (χ0v) is 12.3. The van der Waals surface area contributed by atoms with Crippen molar-refractivity contribution < 1.29 is 21.5 Å². The highest BCUT2D eigenvalue weighted by Gasteiger charge is 2.46. The van der Waals surface area contributed by atoms with E-state index in [9.17, 15) is 0 Å². The van der Waals surface area contributed by atoms with E-state index in [1.165, 1.54) is 69.1 Å². The molecule has 0 aliphatic carbocycles. The van der Waals surface area contributed by atoms with Crippen LogP contribution in [0.1, 0.15) is 51.9 Å². The average Bonchev–Trinajstić information content (AvgIpc) is 2.76. The highest BCUT2D eigenvalue weighted by molar-refractivity contribution is 5.08. The standard InChI is InChI=1S/C14H26N.BrH/c1-3-4-5-6-10-15-11-7-8-14(15)13(2)9-12-15;/h14H,2-12H2,1H3;1H/q+1;/p-1. The Morgan fingerprint density at radius 3 is 2.81 bits per heavy atom. The van der Waals surface area contributed by atoms with E-state index in [0.717, 1.165) is 6.04 Å². The second-order valence-corrected chi connectivity index (χ2v) is 5.52. The van der Waals surface area contributed by atoms with Gasteiger partial charge in [-0.2, -0.15) is 0 Å². The SMILES string of the molecule is C=C1CC[N+]2(CCCCCC)CCCC12.[Br-]. The third-order valence-corrected chi connectivity index (χ3v) is 4.55. The molecule has 2 aliphatic heterocycles. The van der Waals surface area contributed by atoms with E-state index in [4.69, 9.17) is 0 Å². The van der Waals surface area contributed by atoms with Gasteiger partial charge in [0.2, 0.25) is 0 Å². The summed E-state index contributed by atoms with van der Waals surface area (Å²) in [4.78, 5) is 0. The van der Waals surface area contributed by atoms with E-state index in [0.29, 0.717) is 0 Å². The lowest BCUT2D eigenvalue weighted by atomic mass is 10.1. The number of rotatable bonds is 5. The number of hydrogen-bond acceptors (Lipinski definition) is 0. The van der Waals surface area contributed by atoms with E-state index in [1.54, 1.807) is 5.57 Å². The van der Waals surface area contributed by atoms with Crippen LogP contribution in [0.3, 0.4) is 0 Å². The van der Waals surface area contributed by atoms with Crippen LogP contribution >= 0.6 is 0 Å². The molecule has 0 aromatic heterocycles. The highest BCUT2D eigenvalue weighted by atomic mass is 79.9. The molecular weight excluding hydrogens is 262 g/mol. The van der Waals surface area contributed by atoms with Crippen LogP contribution in [-0.2, 0) is 0 Å². The summed E-state index contributed by atoms with van der Waals surface area (Å²) in [5.41, 5.74) is 1.56. The normalized spacial score (nSPS) is 32.6. The molecule has 0 bridgehead atoms. The molecule has 2 unspecified atom stereocenters. The Hall–Kier alpha value is 0.180. The molecule has 2 heteroatoms. The van der Waals surface area contributed by atoms with Gasteiger partial charge in [-0.3, -0.25) is 0 Å². The smallest absolute Gasteiger partial charge is 0.111 e. The third-order valence-electron chi connectivity index (χ3n) is 4.55. The summed E-state index contributed by atoms with van der Waals surface area (Å²) in [7, 11) is 0. The highest BCUT2D eigenvalue weighted by Crippen LogP contribution is 2.39. The number of hydrogen-bond donors (Lipinski definition) is 0. The van der Waals surface area contributed by atoms with Gasteiger partial charge < -0.3 is 21.5 Å². The molecule has 0 aromatic rings. The minimum absolute atomic E-state index is 0. The van der Waals surface area contributed by atoms with Crippen molar-refractivity contribution in [1.82, 2.24) is 0 Å². The molecular formula is C14H26BrN. The van der Waals surface area contributed by atoms with Gasteiger partial charge in [0.05, 0.1) is 19.6 Å². The molecule has 0 saturated carbocycles. The van der Waals surface area contributed by atoms with Crippen molar-refractivity contribution in [2.24, 2.45) is 0 Å². The number of halogens is 1. The molecule has 1 nitrogen and oxygen atoms in total. The third kappa shape index (κ3) is 2.70. The quantitative estimate of drug-likeness (QED) is 0.393. The molecule has 2 saturated heterocycles. The van der Waals surface area contributed by atoms with Crippen molar-refractivity contribution in [3.8, 4) is 0 Å². The van der Waals surface area contributed by atoms with Gasteiger partial charge in [0.1, 0.15) is 6.04 Å². The summed E-state index contributed by atoms with van der Waals surface area (Å²) < 4.78 is 1.42. The van der Waals surface area contributed by atoms with Gasteiger partial charge in [0, 0.05) is 19.3 Å². The lowest BCUT2D eigenvalue weighted by molar-refractivity contribution is -0.924. The summed E-state index contributed by atoms with van der Waals surface area (Å²) in [6.07, 6.45) is 9.83. The van der Waals surface area contributed by atoms with Crippen LogP contribution in [0, 0.1) is 0 Å². The van der Waals surface area contributed by atoms with Crippen LogP contribution < -0.4 is 17.0 Å². The van der Waals surface area contributed by atoms with E-state index < -0.39 is 0 Å². The largest absolute Gasteiger partial charge is 1.00 e. The molecule has 0 radical (unpaired) electrons. The summed E-state index contributed by atoms with van der Waals surface area (Å²) in [6.45, 7) is 10.8. The molecule has 2 heterocycles. The lowest BCUT2D eigenvalue weighted by Gasteiger charge is -2.34. The maximum atomic E-state index is 4.27. The van der Waals surface area contributed by atoms with Crippen LogP contribution in [0.4, 0.5) is 0 Å². The number of nitrogens with zero attached hydrogens (tertiary/aromatic N) is 1. The van der Waals surface area contributed by atoms with Gasteiger partial charge >= 0.3 is 0 Å². The van der Waals surface area contributed by atoms with Gasteiger partial charge in [-0.05, 0) is 18.4 Å². The fraction of sp³-hybridized carbons (Fsp3) is 0.857. The Labute approximate surface area is 111 Å². The monoisotopic (exact) mass is 287 g/mol. The molecule has 0 aromatic carbocycles. The Morgan fingerprint density at radius 1 is 1.25 bits per heavy atom. The minimum Gasteiger partial charge on any atom is -1.00 e. The van der Waals surface area contributed by atoms with Crippen LogP contribution in [0.2, 0.25) is 0 Å². The van der Waals surface area contributed by atoms with Crippen molar-refractivity contribution in [3.05, 3.63) is 12.2 Å². The average molecular weight is 288 g/mol. The van der Waals surface area contributed by atoms with E-state index in [1.807, 2.05) is 0 Å². The Morgan fingerprint density at radius 2 is 2.06 bits per heavy atom. The molecule has 2 atom stereocenters. The first-order valence-electron chi connectivity index (χ1n) is 6.82. The molecule has 0 spiro atoms. The van der Waals surface area contributed by atoms with E-state index in [2.05, 4.69) is 13.5 Å². The maximum Gasteiger partial charge on any atom is 0.111 e. The summed E-state index contributed by atoms with van der Waals surface area (Å²) in [5.74, 6) is 0. The summed E-state index contributed by atoms with van der Waals surface area (Å²) in [6, 6.07) is 0.853. The second-order valence-electron chi connectivity index (χ2n) is 5.52. The first-order chi connectivity index (χ1) is 7.28. The van der Waals surface area contributed by atoms with Crippen LogP contribution in [0.5, 0.6) is 0 Å². The van der Waals surface area contributed by atoms with E-state index in [-0.39, 0.29) is 17.0 Å². The first-order valence-corrected chi connectivity index (χ1v) is 6.82. The second kappa shape index (κ2) is 6.20. The molecule has 2 aliphatic rings. The van der Waals surface area contributed by atoms with E-state index >= 15 is 0 Å². The van der Waals surface area contributed by atoms with Crippen molar-refractivity contribution in [2.75, 3.05) is 19.6 Å². The van der Waals surface area contributed by atoms with Gasteiger partial charge in [0.25, 0.3) is 0 Å². The Balaban J connectivity index is 0.00000128. The fourth-order valence-electron chi connectivity index (χ4n) is 3.65. The number of quaternary nitrogens is 1. The molecule has 94 valence electrons. The summed E-state index contributed by atoms with van der Waals surface area (Å²) in [5, 5.41) is 0. The molecule has 2 fully saturated rings. The minimum atomic E-state index is 0. The van der Waals surface area contributed by atoms with Crippen LogP contribution in [0.15, 0.2) is 12.2 Å². The molecule has 2 rings (SSSR count). The molecule has 0 amide bonds. The van der Waals surface area contributed by atoms with Crippen LogP contribution in [-0.4, -0.2) is 30.2 Å². The first kappa shape index (κ1) is 14.2. The van der Waals surface area contributed by atoms with Crippen molar-refractivity contribution in [2.45, 2.75) is 57.9 Å². The van der Waals surface area contributed by atoms with Crippen molar-refractivity contribution in [1.29, 1.82) is 0 Å². The van der Waals surface area contributed by atoms with Crippen LogP contribution in [0.25, 0.3) is 0 Å². The van der Waals surface area contributed by atoms with Gasteiger partial charge in [-0.1, -0.05) is 26.3 Å². The lowest BCUT2D eigenvalue weighted by Crippen LogP contribution is -3.00. The zero-order valence-electron chi connectivity index (χ0n) is 10.7. The fourth-order valence-corrected chi connectivity index (χ4v) is 3.65. The molecule has 16 heavy (non-hydrogen) atoms. The van der Waals surface area contributed by atoms with Crippen molar-refractivity contribution in [3.63, 3.8) is 0 Å². The summed E-state index contributed by atoms with van der Waals surface area (Å²) >= 11 is 0. The predicted molar refractivity (Wildman–Crippen MR) is 65.8 cm³/mol. The van der Waals surface area contributed by atoms with Gasteiger partial charge in [-0.25, -0.2) is 0 Å². The number of fused-ring (bicyclic) bond motifs is 1. The zero-order chi connectivity index (χ0) is 10.7. The Bertz CT molecular complexity index is 239. The predicted octanol–water partition coefficient (Wildman–Crippen LogP) is 0.510. The van der Waals surface area contributed by atoms with Gasteiger partial charge in [-0.15, -0.1) is 0 Å². The number of unbranched alkanes of at least 4 members (excludes halogenated alkanes) is 3. The van der Waals surface area contributed by atoms with Gasteiger partial charge in [0.15, 0.2) is 0 Å². The maximum absolute atomic E-state index is 4.27. The Kier molecular flexibility index (Phi) is 5.52. The van der Waals surface area contributed by atoms with Crippen molar-refractivity contribution >= 4 is 0 Å². The topological polar surface area (TPSA) is 0 Å². The molecule has 0 N–H and O–H groups in total.